The van der Waals surface area contributed by atoms with Crippen molar-refractivity contribution < 1.29 is 34.0 Å². The molecule has 1 heterocycles. The molecule has 3 unspecified atom stereocenters. The van der Waals surface area contributed by atoms with E-state index in [9.17, 15) is 34.1 Å². The van der Waals surface area contributed by atoms with E-state index in [1.807, 2.05) is 0 Å². The van der Waals surface area contributed by atoms with Crippen molar-refractivity contribution in [3.8, 4) is 0 Å². The molecule has 0 aromatic heterocycles. The van der Waals surface area contributed by atoms with E-state index in [0.717, 1.165) is 12.1 Å². The summed E-state index contributed by atoms with van der Waals surface area (Å²) in [5.74, 6) is -4.43. The maximum atomic E-state index is 13.1. The first-order valence-electron chi connectivity index (χ1n) is 11.7. The molecule has 0 spiro atoms. The number of aliphatic carboxylic acids is 1. The third-order valence-corrected chi connectivity index (χ3v) is 5.72. The van der Waals surface area contributed by atoms with Crippen molar-refractivity contribution in [2.24, 2.45) is 11.5 Å². The number of carbonyl (C=O) groups is 5. The van der Waals surface area contributed by atoms with Gasteiger partial charge in [0.15, 0.2) is 0 Å². The van der Waals surface area contributed by atoms with Gasteiger partial charge in [0, 0.05) is 30.8 Å². The van der Waals surface area contributed by atoms with Crippen molar-refractivity contribution in [3.63, 3.8) is 0 Å². The van der Waals surface area contributed by atoms with Gasteiger partial charge >= 0.3 is 5.97 Å². The second-order valence-electron chi connectivity index (χ2n) is 8.47. The van der Waals surface area contributed by atoms with Gasteiger partial charge in [-0.15, -0.1) is 0 Å². The number of hydrogen-bond donors (Lipinski definition) is 7. The van der Waals surface area contributed by atoms with Gasteiger partial charge in [0.1, 0.15) is 18.1 Å². The van der Waals surface area contributed by atoms with Crippen LogP contribution < -0.4 is 32.7 Å². The Hall–Kier alpha value is -4.27. The van der Waals surface area contributed by atoms with E-state index in [0.29, 0.717) is 19.4 Å². The van der Waals surface area contributed by atoms with Crippen LogP contribution in [0.4, 0.5) is 11.4 Å². The first-order valence-corrected chi connectivity index (χ1v) is 11.7. The lowest BCUT2D eigenvalue weighted by Gasteiger charge is -2.26. The number of benzene rings is 1. The lowest BCUT2D eigenvalue weighted by Crippen LogP contribution is -2.56. The van der Waals surface area contributed by atoms with Gasteiger partial charge in [0.25, 0.3) is 11.6 Å². The number of nitrogens with two attached hydrogens (primary N) is 2. The summed E-state index contributed by atoms with van der Waals surface area (Å²) in [5.41, 5.74) is 10.6. The highest BCUT2D eigenvalue weighted by molar-refractivity contribution is 6.03. The number of fused-ring (bicyclic) bond motifs is 1. The molecule has 2 rings (SSSR count). The van der Waals surface area contributed by atoms with E-state index in [2.05, 4.69) is 21.3 Å². The molecule has 0 fully saturated rings. The Balaban J connectivity index is 2.48. The smallest absolute Gasteiger partial charge is 0.303 e. The number of nitro benzene ring substituents is 1. The maximum Gasteiger partial charge on any atom is 0.303 e. The van der Waals surface area contributed by atoms with Crippen LogP contribution in [0.15, 0.2) is 18.2 Å². The molecule has 0 radical (unpaired) electrons. The van der Waals surface area contributed by atoms with Gasteiger partial charge in [-0.2, -0.15) is 0 Å². The Bertz CT molecular complexity index is 1050. The van der Waals surface area contributed by atoms with E-state index >= 15 is 0 Å². The number of carboxylic acids is 1. The summed E-state index contributed by atoms with van der Waals surface area (Å²) in [6.07, 6.45) is 0.396. The number of carboxylic acid groups (broad SMARTS) is 1. The number of nitro groups is 1. The van der Waals surface area contributed by atoms with Crippen LogP contribution in [0.1, 0.15) is 48.9 Å². The SMILES string of the molecule is NCCCCC1NC(=O)C(CCC(=O)O)NC(=O)c2cc([N+](=O)[O-])ccc2NCCC(C(N)=O)NC1=O. The van der Waals surface area contributed by atoms with Gasteiger partial charge < -0.3 is 37.8 Å². The summed E-state index contributed by atoms with van der Waals surface area (Å²) in [6, 6.07) is -0.148. The zero-order chi connectivity index (χ0) is 27.5. The highest BCUT2D eigenvalue weighted by Gasteiger charge is 2.30. The number of hydrogen-bond acceptors (Lipinski definition) is 9. The number of anilines is 1. The third kappa shape index (κ3) is 8.71. The predicted octanol–water partition coefficient (Wildman–Crippen LogP) is -1.04. The summed E-state index contributed by atoms with van der Waals surface area (Å²) >= 11 is 0. The van der Waals surface area contributed by atoms with Crippen molar-refractivity contribution >= 4 is 41.0 Å². The molecule has 4 amide bonds. The number of nitrogens with zero attached hydrogens (tertiary/aromatic N) is 1. The lowest BCUT2D eigenvalue weighted by molar-refractivity contribution is -0.384. The quantitative estimate of drug-likeness (QED) is 0.118. The van der Waals surface area contributed by atoms with Crippen LogP contribution in [-0.4, -0.2) is 70.8 Å². The van der Waals surface area contributed by atoms with Gasteiger partial charge in [0.05, 0.1) is 10.5 Å². The van der Waals surface area contributed by atoms with Crippen molar-refractivity contribution in [2.45, 2.75) is 56.7 Å². The first-order chi connectivity index (χ1) is 17.5. The molecule has 37 heavy (non-hydrogen) atoms. The minimum Gasteiger partial charge on any atom is -0.481 e. The average molecular weight is 522 g/mol. The summed E-state index contributed by atoms with van der Waals surface area (Å²) in [4.78, 5) is 72.8. The molecular formula is C22H31N7O8. The lowest BCUT2D eigenvalue weighted by atomic mass is 10.0. The molecule has 1 aromatic carbocycles. The minimum absolute atomic E-state index is 0.0177. The summed E-state index contributed by atoms with van der Waals surface area (Å²) in [6.45, 7) is 0.402. The van der Waals surface area contributed by atoms with Crippen molar-refractivity contribution in [1.82, 2.24) is 16.0 Å². The van der Waals surface area contributed by atoms with Crippen molar-refractivity contribution in [2.75, 3.05) is 18.4 Å². The topological polar surface area (TPSA) is 249 Å². The van der Waals surface area contributed by atoms with E-state index < -0.39 is 59.1 Å². The molecule has 3 atom stereocenters. The van der Waals surface area contributed by atoms with Crippen molar-refractivity contribution in [1.29, 1.82) is 0 Å². The molecule has 1 aliphatic heterocycles. The number of rotatable bonds is 9. The highest BCUT2D eigenvalue weighted by atomic mass is 16.6. The monoisotopic (exact) mass is 521 g/mol. The molecular weight excluding hydrogens is 490 g/mol. The fraction of sp³-hybridized carbons (Fsp3) is 0.500. The Morgan fingerprint density at radius 2 is 1.73 bits per heavy atom. The third-order valence-electron chi connectivity index (χ3n) is 5.72. The van der Waals surface area contributed by atoms with Crippen LogP contribution >= 0.6 is 0 Å². The second kappa shape index (κ2) is 13.7. The highest BCUT2D eigenvalue weighted by Crippen LogP contribution is 2.23. The molecule has 0 aliphatic carbocycles. The molecule has 15 heteroatoms. The molecule has 15 nitrogen and oxygen atoms in total. The van der Waals surface area contributed by atoms with Gasteiger partial charge in [0.2, 0.25) is 17.7 Å². The van der Waals surface area contributed by atoms with E-state index in [-0.39, 0.29) is 42.7 Å². The van der Waals surface area contributed by atoms with Gasteiger partial charge in [-0.1, -0.05) is 0 Å². The van der Waals surface area contributed by atoms with E-state index in [4.69, 9.17) is 16.6 Å². The van der Waals surface area contributed by atoms with E-state index in [1.54, 1.807) is 0 Å². The second-order valence-corrected chi connectivity index (χ2v) is 8.47. The fourth-order valence-electron chi connectivity index (χ4n) is 3.70. The number of non-ortho nitro benzene ring substituents is 1. The molecule has 202 valence electrons. The maximum absolute atomic E-state index is 13.1. The van der Waals surface area contributed by atoms with Gasteiger partial charge in [-0.3, -0.25) is 34.1 Å². The summed E-state index contributed by atoms with van der Waals surface area (Å²) < 4.78 is 0. The first kappa shape index (κ1) is 29.0. The minimum atomic E-state index is -1.38. The summed E-state index contributed by atoms with van der Waals surface area (Å²) in [7, 11) is 0. The fourth-order valence-corrected chi connectivity index (χ4v) is 3.70. The van der Waals surface area contributed by atoms with Crippen LogP contribution in [0.25, 0.3) is 0 Å². The molecule has 0 bridgehead atoms. The number of amides is 4. The Morgan fingerprint density at radius 3 is 2.35 bits per heavy atom. The standard InChI is InChI=1S/C22H31N7O8/c23-9-2-1-3-16-21(34)26-15(19(24)32)8-10-25-14-5-4-12(29(36)37)11-13(14)20(33)27-17(22(35)28-16)6-7-18(30)31/h4-5,11,15-17,25H,1-3,6-10,23H2,(H2,24,32)(H,26,34)(H,27,33)(H,28,35)(H,30,31). The molecule has 1 aliphatic rings. The van der Waals surface area contributed by atoms with Crippen molar-refractivity contribution in [3.05, 3.63) is 33.9 Å². The summed E-state index contributed by atoms with van der Waals surface area (Å²) in [5, 5.41) is 30.7. The molecule has 1 aromatic rings. The van der Waals surface area contributed by atoms with Crippen LogP contribution in [-0.2, 0) is 19.2 Å². The zero-order valence-corrected chi connectivity index (χ0v) is 20.0. The number of primary amides is 1. The predicted molar refractivity (Wildman–Crippen MR) is 130 cm³/mol. The Morgan fingerprint density at radius 1 is 1.05 bits per heavy atom. The molecule has 0 saturated carbocycles. The van der Waals surface area contributed by atoms with Crippen LogP contribution in [0, 0.1) is 10.1 Å². The largest absolute Gasteiger partial charge is 0.481 e. The van der Waals surface area contributed by atoms with Crippen LogP contribution in [0.2, 0.25) is 0 Å². The number of carbonyl (C=O) groups excluding carboxylic acids is 4. The Kier molecular flexibility index (Phi) is 10.7. The number of unbranched alkanes of at least 4 members (excludes halogenated alkanes) is 1. The van der Waals surface area contributed by atoms with Crippen LogP contribution in [0.3, 0.4) is 0 Å². The molecule has 9 N–H and O–H groups in total. The average Bonchev–Trinajstić information content (AvgIpc) is 2.84. The normalized spacial score (nSPS) is 20.8. The Labute approximate surface area is 211 Å². The van der Waals surface area contributed by atoms with Gasteiger partial charge in [-0.25, -0.2) is 0 Å². The van der Waals surface area contributed by atoms with E-state index in [1.165, 1.54) is 6.07 Å². The zero-order valence-electron chi connectivity index (χ0n) is 20.0. The number of nitrogens with one attached hydrogen (secondary N) is 4. The van der Waals surface area contributed by atoms with Crippen LogP contribution in [0.5, 0.6) is 0 Å². The molecule has 0 saturated heterocycles. The van der Waals surface area contributed by atoms with Gasteiger partial charge in [-0.05, 0) is 44.7 Å².